The summed E-state index contributed by atoms with van der Waals surface area (Å²) in [4.78, 5) is 2.43. The Bertz CT molecular complexity index is 837. The number of fused-ring (bicyclic) bond motifs is 1. The molecule has 4 rings (SSSR count). The molecule has 1 fully saturated rings. The molecule has 4 heteroatoms. The maximum atomic E-state index is 4.75. The Balaban J connectivity index is 1.86. The molecular formula is C21H26N4. The molecule has 1 saturated heterocycles. The van der Waals surface area contributed by atoms with Crippen LogP contribution in [0.3, 0.4) is 0 Å². The van der Waals surface area contributed by atoms with Gasteiger partial charge in [-0.2, -0.15) is 0 Å². The van der Waals surface area contributed by atoms with Gasteiger partial charge in [-0.15, -0.1) is 10.2 Å². The second kappa shape index (κ2) is 6.51. The Labute approximate surface area is 149 Å². The van der Waals surface area contributed by atoms with Gasteiger partial charge in [-0.05, 0) is 51.2 Å². The first kappa shape index (κ1) is 16.1. The molecular weight excluding hydrogens is 308 g/mol. The number of hydrogen-bond acceptors (Lipinski definition) is 3. The zero-order valence-corrected chi connectivity index (χ0v) is 15.4. The molecule has 2 aromatic rings. The summed E-state index contributed by atoms with van der Waals surface area (Å²) < 4.78 is 2.41. The summed E-state index contributed by atoms with van der Waals surface area (Å²) in [5.41, 5.74) is 7.34. The van der Waals surface area contributed by atoms with Crippen molar-refractivity contribution in [1.82, 2.24) is 9.47 Å². The van der Waals surface area contributed by atoms with Crippen molar-refractivity contribution in [3.8, 4) is 0 Å². The fourth-order valence-corrected chi connectivity index (χ4v) is 3.96. The molecule has 2 aliphatic rings. The monoisotopic (exact) mass is 334 g/mol. The molecule has 0 unspecified atom stereocenters. The lowest BCUT2D eigenvalue weighted by Gasteiger charge is -2.29. The molecule has 0 atom stereocenters. The molecule has 25 heavy (non-hydrogen) atoms. The van der Waals surface area contributed by atoms with E-state index in [0.717, 1.165) is 36.7 Å². The second-order valence-electron chi connectivity index (χ2n) is 7.15. The predicted molar refractivity (Wildman–Crippen MR) is 104 cm³/mol. The summed E-state index contributed by atoms with van der Waals surface area (Å²) >= 11 is 0. The maximum absolute atomic E-state index is 4.75. The standard InChI is InChI=1S/C21H26N4/c1-15-16(2)21-20(18-10-6-4-7-11-18)23-22-19(14-25(21)17(15)3)24-12-8-5-9-13-24/h4,6-7,10-11H,5,8-9,12-14H2,1-3H3. The van der Waals surface area contributed by atoms with Crippen molar-refractivity contribution >= 4 is 11.5 Å². The Morgan fingerprint density at radius 1 is 0.840 bits per heavy atom. The van der Waals surface area contributed by atoms with Crippen molar-refractivity contribution in [1.29, 1.82) is 0 Å². The number of aromatic nitrogens is 1. The average Bonchev–Trinajstić information content (AvgIpc) is 2.83. The van der Waals surface area contributed by atoms with Crippen LogP contribution in [0.2, 0.25) is 0 Å². The van der Waals surface area contributed by atoms with Gasteiger partial charge in [-0.1, -0.05) is 30.3 Å². The minimum absolute atomic E-state index is 0.815. The number of likely N-dealkylation sites (tertiary alicyclic amines) is 1. The Kier molecular flexibility index (Phi) is 4.20. The van der Waals surface area contributed by atoms with Crippen LogP contribution in [-0.2, 0) is 6.54 Å². The van der Waals surface area contributed by atoms with Gasteiger partial charge in [0.2, 0.25) is 0 Å². The van der Waals surface area contributed by atoms with Crippen LogP contribution in [0, 0.1) is 20.8 Å². The van der Waals surface area contributed by atoms with Gasteiger partial charge in [-0.3, -0.25) is 0 Å². The highest BCUT2D eigenvalue weighted by molar-refractivity contribution is 6.13. The molecule has 1 aromatic heterocycles. The van der Waals surface area contributed by atoms with Crippen LogP contribution < -0.4 is 0 Å². The van der Waals surface area contributed by atoms with Gasteiger partial charge in [0.25, 0.3) is 0 Å². The lowest BCUT2D eigenvalue weighted by Crippen LogP contribution is -2.38. The number of rotatable bonds is 1. The lowest BCUT2D eigenvalue weighted by molar-refractivity contribution is 0.333. The summed E-state index contributed by atoms with van der Waals surface area (Å²) in [5.74, 6) is 1.10. The minimum Gasteiger partial charge on any atom is -0.357 e. The highest BCUT2D eigenvalue weighted by Gasteiger charge is 2.25. The lowest BCUT2D eigenvalue weighted by atomic mass is 10.0. The van der Waals surface area contributed by atoms with Crippen LogP contribution >= 0.6 is 0 Å². The molecule has 2 aliphatic heterocycles. The van der Waals surface area contributed by atoms with Gasteiger partial charge in [0.1, 0.15) is 11.5 Å². The zero-order valence-electron chi connectivity index (χ0n) is 15.4. The van der Waals surface area contributed by atoms with Crippen LogP contribution in [0.1, 0.15) is 47.3 Å². The summed E-state index contributed by atoms with van der Waals surface area (Å²) in [5, 5.41) is 9.46. The predicted octanol–water partition coefficient (Wildman–Crippen LogP) is 4.06. The van der Waals surface area contributed by atoms with E-state index < -0.39 is 0 Å². The van der Waals surface area contributed by atoms with Crippen LogP contribution in [0.25, 0.3) is 0 Å². The van der Waals surface area contributed by atoms with Gasteiger partial charge < -0.3 is 9.47 Å². The van der Waals surface area contributed by atoms with E-state index in [0.29, 0.717) is 0 Å². The molecule has 0 amide bonds. The first-order valence-electron chi connectivity index (χ1n) is 9.28. The zero-order chi connectivity index (χ0) is 17.4. The van der Waals surface area contributed by atoms with Gasteiger partial charge in [0, 0.05) is 24.3 Å². The number of piperidine rings is 1. The summed E-state index contributed by atoms with van der Waals surface area (Å²) in [6, 6.07) is 10.4. The number of nitrogens with zero attached hydrogens (tertiary/aromatic N) is 4. The smallest absolute Gasteiger partial charge is 0.147 e. The molecule has 130 valence electrons. The molecule has 0 N–H and O–H groups in total. The van der Waals surface area contributed by atoms with Crippen molar-refractivity contribution in [3.63, 3.8) is 0 Å². The number of benzene rings is 1. The quantitative estimate of drug-likeness (QED) is 0.774. The van der Waals surface area contributed by atoms with Crippen LogP contribution in [-0.4, -0.2) is 34.1 Å². The van der Waals surface area contributed by atoms with Crippen molar-refractivity contribution in [2.75, 3.05) is 13.1 Å². The Morgan fingerprint density at radius 3 is 2.28 bits per heavy atom. The van der Waals surface area contributed by atoms with Crippen LogP contribution in [0.15, 0.2) is 40.5 Å². The van der Waals surface area contributed by atoms with E-state index in [1.807, 2.05) is 6.07 Å². The van der Waals surface area contributed by atoms with Crippen LogP contribution in [0.4, 0.5) is 0 Å². The van der Waals surface area contributed by atoms with E-state index in [4.69, 9.17) is 10.2 Å². The molecule has 0 spiro atoms. The topological polar surface area (TPSA) is 32.9 Å². The molecule has 0 saturated carbocycles. The summed E-state index contributed by atoms with van der Waals surface area (Å²) in [6.07, 6.45) is 3.84. The van der Waals surface area contributed by atoms with E-state index in [2.05, 4.69) is 54.5 Å². The van der Waals surface area contributed by atoms with Crippen molar-refractivity contribution in [2.24, 2.45) is 10.2 Å². The summed E-state index contributed by atoms with van der Waals surface area (Å²) in [6.45, 7) is 9.65. The van der Waals surface area contributed by atoms with Gasteiger partial charge in [0.05, 0.1) is 12.2 Å². The van der Waals surface area contributed by atoms with Gasteiger partial charge in [-0.25, -0.2) is 0 Å². The minimum atomic E-state index is 0.815. The molecule has 1 aromatic carbocycles. The van der Waals surface area contributed by atoms with Crippen molar-refractivity contribution in [3.05, 3.63) is 58.4 Å². The number of amidine groups is 1. The molecule has 3 heterocycles. The Hall–Kier alpha value is -2.36. The first-order chi connectivity index (χ1) is 12.2. The molecule has 4 nitrogen and oxygen atoms in total. The largest absolute Gasteiger partial charge is 0.357 e. The fraction of sp³-hybridized carbons (Fsp3) is 0.429. The molecule has 0 bridgehead atoms. The highest BCUT2D eigenvalue weighted by Crippen LogP contribution is 2.27. The number of hydrogen-bond donors (Lipinski definition) is 0. The van der Waals surface area contributed by atoms with E-state index in [1.165, 1.54) is 41.8 Å². The molecule has 0 radical (unpaired) electrons. The van der Waals surface area contributed by atoms with E-state index >= 15 is 0 Å². The van der Waals surface area contributed by atoms with Crippen molar-refractivity contribution in [2.45, 2.75) is 46.6 Å². The van der Waals surface area contributed by atoms with Gasteiger partial charge >= 0.3 is 0 Å². The third kappa shape index (κ3) is 2.80. The van der Waals surface area contributed by atoms with E-state index in [9.17, 15) is 0 Å². The summed E-state index contributed by atoms with van der Waals surface area (Å²) in [7, 11) is 0. The van der Waals surface area contributed by atoms with E-state index in [1.54, 1.807) is 0 Å². The normalized spacial score (nSPS) is 17.6. The van der Waals surface area contributed by atoms with Crippen molar-refractivity contribution < 1.29 is 0 Å². The SMILES string of the molecule is Cc1c(C)c2n(c1C)CC(N1CCCCC1)=NN=C2c1ccccc1. The van der Waals surface area contributed by atoms with Gasteiger partial charge in [0.15, 0.2) is 0 Å². The Morgan fingerprint density at radius 2 is 1.56 bits per heavy atom. The first-order valence-corrected chi connectivity index (χ1v) is 9.28. The van der Waals surface area contributed by atoms with E-state index in [-0.39, 0.29) is 0 Å². The second-order valence-corrected chi connectivity index (χ2v) is 7.15. The molecule has 0 aliphatic carbocycles. The average molecular weight is 334 g/mol. The maximum Gasteiger partial charge on any atom is 0.147 e. The fourth-order valence-electron chi connectivity index (χ4n) is 3.96. The third-order valence-electron chi connectivity index (χ3n) is 5.69. The van der Waals surface area contributed by atoms with Crippen LogP contribution in [0.5, 0.6) is 0 Å². The highest BCUT2D eigenvalue weighted by atomic mass is 15.3. The third-order valence-corrected chi connectivity index (χ3v) is 5.69.